The van der Waals surface area contributed by atoms with E-state index in [1.54, 1.807) is 55.6 Å². The number of rotatable bonds is 6. The van der Waals surface area contributed by atoms with E-state index in [1.165, 1.54) is 4.52 Å². The van der Waals surface area contributed by atoms with E-state index in [2.05, 4.69) is 15.4 Å². The number of aliphatic hydroxyl groups excluding tert-OH is 1. The summed E-state index contributed by atoms with van der Waals surface area (Å²) < 4.78 is 16.9. The van der Waals surface area contributed by atoms with Crippen molar-refractivity contribution in [3.05, 3.63) is 81.2 Å². The predicted octanol–water partition coefficient (Wildman–Crippen LogP) is 4.59. The first kappa shape index (κ1) is 23.0. The number of nitrogens with two attached hydrogens (primary N) is 1. The summed E-state index contributed by atoms with van der Waals surface area (Å²) >= 11 is 11.9. The molecule has 4 aromatic rings. The minimum absolute atomic E-state index is 0.0580. The van der Waals surface area contributed by atoms with Gasteiger partial charge in [-0.15, -0.1) is 5.10 Å². The maximum absolute atomic E-state index is 15.4. The van der Waals surface area contributed by atoms with E-state index in [4.69, 9.17) is 28.9 Å². The molecule has 0 saturated carbocycles. The van der Waals surface area contributed by atoms with Gasteiger partial charge in [0.1, 0.15) is 5.82 Å². The van der Waals surface area contributed by atoms with E-state index in [1.807, 2.05) is 0 Å². The van der Waals surface area contributed by atoms with Gasteiger partial charge >= 0.3 is 0 Å². The second-order valence-corrected chi connectivity index (χ2v) is 8.36. The second-order valence-electron chi connectivity index (χ2n) is 7.54. The fourth-order valence-electron chi connectivity index (χ4n) is 3.54. The molecule has 1 atom stereocenters. The van der Waals surface area contributed by atoms with Gasteiger partial charge in [0.05, 0.1) is 21.7 Å². The first-order chi connectivity index (χ1) is 15.7. The maximum atomic E-state index is 15.4. The molecule has 10 heteroatoms. The maximum Gasteiger partial charge on any atom is 0.254 e. The van der Waals surface area contributed by atoms with E-state index in [0.717, 1.165) is 0 Å². The third kappa shape index (κ3) is 4.78. The number of fused-ring (bicyclic) bond motifs is 1. The number of halogens is 3. The van der Waals surface area contributed by atoms with Gasteiger partial charge in [0.15, 0.2) is 5.65 Å². The van der Waals surface area contributed by atoms with Crippen LogP contribution in [0.25, 0.3) is 16.8 Å². The fourth-order valence-corrected chi connectivity index (χ4v) is 3.84. The molecule has 2 aromatic carbocycles. The highest BCUT2D eigenvalue weighted by atomic mass is 35.5. The minimum Gasteiger partial charge on any atom is -0.388 e. The van der Waals surface area contributed by atoms with Crippen molar-refractivity contribution in [3.63, 3.8) is 0 Å². The van der Waals surface area contributed by atoms with E-state index in [9.17, 15) is 9.90 Å². The van der Waals surface area contributed by atoms with Gasteiger partial charge in [-0.1, -0.05) is 41.4 Å². The number of hydrogen-bond acceptors (Lipinski definition) is 5. The highest BCUT2D eigenvalue weighted by molar-refractivity contribution is 6.42. The van der Waals surface area contributed by atoms with Gasteiger partial charge in [-0.25, -0.2) is 8.91 Å². The summed E-state index contributed by atoms with van der Waals surface area (Å²) in [5.41, 5.74) is 7.88. The van der Waals surface area contributed by atoms with Crippen molar-refractivity contribution < 1.29 is 14.3 Å². The van der Waals surface area contributed by atoms with Crippen LogP contribution in [0.15, 0.2) is 48.7 Å². The van der Waals surface area contributed by atoms with Crippen molar-refractivity contribution in [3.8, 4) is 11.1 Å². The van der Waals surface area contributed by atoms with Crippen molar-refractivity contribution in [2.75, 3.05) is 12.3 Å². The number of pyridine rings is 1. The zero-order chi connectivity index (χ0) is 23.7. The number of aromatic nitrogens is 3. The van der Waals surface area contributed by atoms with E-state index < -0.39 is 17.8 Å². The molecule has 7 nitrogen and oxygen atoms in total. The Bertz CT molecular complexity index is 1360. The largest absolute Gasteiger partial charge is 0.388 e. The van der Waals surface area contributed by atoms with Crippen LogP contribution in [-0.4, -0.2) is 32.2 Å². The van der Waals surface area contributed by atoms with Gasteiger partial charge < -0.3 is 16.2 Å². The Labute approximate surface area is 199 Å². The molecule has 4 N–H and O–H groups in total. The van der Waals surface area contributed by atoms with Crippen LogP contribution < -0.4 is 11.1 Å². The molecule has 2 heterocycles. The Morgan fingerprint density at radius 2 is 2.00 bits per heavy atom. The smallest absolute Gasteiger partial charge is 0.254 e. The summed E-state index contributed by atoms with van der Waals surface area (Å²) in [7, 11) is 0. The molecule has 0 bridgehead atoms. The van der Waals surface area contributed by atoms with Crippen molar-refractivity contribution in [1.29, 1.82) is 0 Å². The summed E-state index contributed by atoms with van der Waals surface area (Å²) in [5, 5.41) is 17.8. The highest BCUT2D eigenvalue weighted by Gasteiger charge is 2.20. The molecule has 4 rings (SSSR count). The summed E-state index contributed by atoms with van der Waals surface area (Å²) in [4.78, 5) is 16.9. The van der Waals surface area contributed by atoms with Crippen LogP contribution in [0.2, 0.25) is 10.0 Å². The molecule has 1 unspecified atom stereocenters. The number of nitrogen functional groups attached to an aromatic ring is 1. The van der Waals surface area contributed by atoms with Crippen LogP contribution in [0.5, 0.6) is 0 Å². The van der Waals surface area contributed by atoms with E-state index in [0.29, 0.717) is 32.4 Å². The predicted molar refractivity (Wildman–Crippen MR) is 126 cm³/mol. The molecule has 0 radical (unpaired) electrons. The fraction of sp³-hybridized carbons (Fsp3) is 0.174. The van der Waals surface area contributed by atoms with E-state index >= 15 is 4.39 Å². The molecule has 0 spiro atoms. The zero-order valence-corrected chi connectivity index (χ0v) is 19.0. The van der Waals surface area contributed by atoms with E-state index in [-0.39, 0.29) is 30.0 Å². The van der Waals surface area contributed by atoms with Crippen LogP contribution in [0, 0.1) is 12.7 Å². The number of carbonyl (C=O) groups is 1. The number of benzene rings is 2. The van der Waals surface area contributed by atoms with Crippen molar-refractivity contribution in [2.24, 2.45) is 0 Å². The van der Waals surface area contributed by atoms with Gasteiger partial charge in [-0.3, -0.25) is 4.79 Å². The lowest BCUT2D eigenvalue weighted by Gasteiger charge is -2.14. The number of anilines is 1. The zero-order valence-electron chi connectivity index (χ0n) is 17.5. The first-order valence-corrected chi connectivity index (χ1v) is 10.8. The Kier molecular flexibility index (Phi) is 6.51. The van der Waals surface area contributed by atoms with Crippen LogP contribution in [-0.2, 0) is 0 Å². The van der Waals surface area contributed by atoms with Gasteiger partial charge in [0, 0.05) is 18.3 Å². The monoisotopic (exact) mass is 487 g/mol. The van der Waals surface area contributed by atoms with Crippen molar-refractivity contribution >= 4 is 40.7 Å². The minimum atomic E-state index is -0.861. The molecule has 0 fully saturated rings. The van der Waals surface area contributed by atoms with Crippen LogP contribution in [0.4, 0.5) is 10.3 Å². The summed E-state index contributed by atoms with van der Waals surface area (Å²) in [5.74, 6) is -1.10. The third-order valence-corrected chi connectivity index (χ3v) is 6.01. The number of amides is 1. The van der Waals surface area contributed by atoms with Gasteiger partial charge in [-0.2, -0.15) is 4.98 Å². The Balaban J connectivity index is 1.50. The number of nitrogens with zero attached hydrogens (tertiary/aromatic N) is 3. The molecule has 33 heavy (non-hydrogen) atoms. The molecule has 0 aliphatic carbocycles. The van der Waals surface area contributed by atoms with Crippen molar-refractivity contribution in [1.82, 2.24) is 19.9 Å². The molecule has 0 saturated heterocycles. The Hall–Kier alpha value is -3.20. The summed E-state index contributed by atoms with van der Waals surface area (Å²) in [6, 6.07) is 11.4. The Morgan fingerprint density at radius 3 is 2.76 bits per heavy atom. The molecule has 0 aliphatic rings. The lowest BCUT2D eigenvalue weighted by molar-refractivity contribution is 0.0938. The number of carbonyl (C=O) groups excluding carboxylic acids is 1. The average molecular weight is 488 g/mol. The van der Waals surface area contributed by atoms with Crippen LogP contribution in [0.1, 0.15) is 34.0 Å². The summed E-state index contributed by atoms with van der Waals surface area (Å²) in [6.45, 7) is 1.79. The number of hydrogen-bond donors (Lipinski definition) is 3. The lowest BCUT2D eigenvalue weighted by atomic mass is 9.98. The van der Waals surface area contributed by atoms with Crippen LogP contribution >= 0.6 is 23.2 Å². The molecule has 0 aliphatic heterocycles. The second kappa shape index (κ2) is 9.35. The molecule has 170 valence electrons. The first-order valence-electron chi connectivity index (χ1n) is 10.1. The van der Waals surface area contributed by atoms with Gasteiger partial charge in [0.2, 0.25) is 5.95 Å². The summed E-state index contributed by atoms with van der Waals surface area (Å²) in [6.07, 6.45) is 0.978. The molecule has 1 amide bonds. The lowest BCUT2D eigenvalue weighted by Crippen LogP contribution is -2.27. The van der Waals surface area contributed by atoms with Crippen molar-refractivity contribution in [2.45, 2.75) is 19.4 Å². The quantitative estimate of drug-likeness (QED) is 0.368. The molecular weight excluding hydrogens is 468 g/mol. The average Bonchev–Trinajstić information content (AvgIpc) is 3.15. The van der Waals surface area contributed by atoms with Gasteiger partial charge in [0.25, 0.3) is 5.91 Å². The number of nitrogens with one attached hydrogen (secondary N) is 1. The molecular formula is C23H20Cl2FN5O2. The standard InChI is InChI=1S/C23H20Cl2FN5O2/c1-12-2-4-15(13-7-9-31-19(11-13)29-23(27)30-31)21(26)20(12)22(33)28-8-6-18(32)14-3-5-16(24)17(25)10-14/h2-5,7,9-11,18,32H,6,8H2,1H3,(H2,27,30)(H,28,33). The van der Waals surface area contributed by atoms with Crippen LogP contribution in [0.3, 0.4) is 0 Å². The van der Waals surface area contributed by atoms with Gasteiger partial charge in [-0.05, 0) is 54.3 Å². The number of aliphatic hydroxyl groups is 1. The normalized spacial score (nSPS) is 12.2. The SMILES string of the molecule is Cc1ccc(-c2ccn3nc(N)nc3c2)c(F)c1C(=O)NCCC(O)c1ccc(Cl)c(Cl)c1. The number of aryl methyl sites for hydroxylation is 1. The highest BCUT2D eigenvalue weighted by Crippen LogP contribution is 2.29. The molecule has 2 aromatic heterocycles. The Morgan fingerprint density at radius 1 is 1.21 bits per heavy atom. The third-order valence-electron chi connectivity index (χ3n) is 5.27. The topological polar surface area (TPSA) is 106 Å².